The average Bonchev–Trinajstić information content (AvgIpc) is 2.61. The summed E-state index contributed by atoms with van der Waals surface area (Å²) < 4.78 is 33.0. The Hall–Kier alpha value is -2.09. The molecule has 0 heterocycles. The number of aliphatic hydroxyl groups excluding tert-OH is 1. The van der Waals surface area contributed by atoms with Crippen LogP contribution in [0.25, 0.3) is 0 Å². The van der Waals surface area contributed by atoms with Gasteiger partial charge in [0.1, 0.15) is 10.6 Å². The van der Waals surface area contributed by atoms with Crippen LogP contribution in [-0.4, -0.2) is 41.3 Å². The summed E-state index contributed by atoms with van der Waals surface area (Å²) in [6, 6.07) is 10.6. The highest BCUT2D eigenvalue weighted by molar-refractivity contribution is 7.89. The molecule has 2 rings (SSSR count). The summed E-state index contributed by atoms with van der Waals surface area (Å²) in [6.07, 6.45) is -0.946. The summed E-state index contributed by atoms with van der Waals surface area (Å²) in [5, 5.41) is 10.3. The number of nitrogens with one attached hydrogen (secondary N) is 1. The normalized spacial score (nSPS) is 12.7. The van der Waals surface area contributed by atoms with Crippen molar-refractivity contribution in [1.82, 2.24) is 4.72 Å². The van der Waals surface area contributed by atoms with E-state index >= 15 is 0 Å². The van der Waals surface area contributed by atoms with Crippen LogP contribution in [-0.2, 0) is 10.0 Å². The Bertz CT molecular complexity index is 862. The molecule has 6 nitrogen and oxygen atoms in total. The van der Waals surface area contributed by atoms with Gasteiger partial charge < -0.3 is 14.7 Å². The lowest BCUT2D eigenvalue weighted by Crippen LogP contribution is -2.29. The Balaban J connectivity index is 2.16. The van der Waals surface area contributed by atoms with Crippen LogP contribution in [0.15, 0.2) is 41.3 Å². The number of aliphatic hydroxyl groups is 1. The van der Waals surface area contributed by atoms with Crippen molar-refractivity contribution in [2.75, 3.05) is 32.6 Å². The topological polar surface area (TPSA) is 78.9 Å². The fourth-order valence-electron chi connectivity index (χ4n) is 2.51. The van der Waals surface area contributed by atoms with E-state index in [1.165, 1.54) is 7.11 Å². The molecule has 0 bridgehead atoms. The molecular weight excluding hydrogens is 352 g/mol. The van der Waals surface area contributed by atoms with Crippen molar-refractivity contribution >= 4 is 15.7 Å². The lowest BCUT2D eigenvalue weighted by molar-refractivity contribution is 0.182. The van der Waals surface area contributed by atoms with Crippen molar-refractivity contribution in [2.45, 2.75) is 24.8 Å². The molecule has 2 aromatic rings. The number of nitrogens with zero attached hydrogens (tertiary/aromatic N) is 1. The highest BCUT2D eigenvalue weighted by Crippen LogP contribution is 2.27. The number of aryl methyl sites for hydroxylation is 2. The van der Waals surface area contributed by atoms with Gasteiger partial charge in [0.2, 0.25) is 10.0 Å². The monoisotopic (exact) mass is 378 g/mol. The predicted octanol–water partition coefficient (Wildman–Crippen LogP) is 2.39. The van der Waals surface area contributed by atoms with Crippen molar-refractivity contribution in [3.05, 3.63) is 53.1 Å². The van der Waals surface area contributed by atoms with E-state index in [9.17, 15) is 13.5 Å². The second-order valence-electron chi connectivity index (χ2n) is 6.44. The molecule has 0 saturated heterocycles. The molecule has 26 heavy (non-hydrogen) atoms. The number of rotatable bonds is 7. The van der Waals surface area contributed by atoms with Crippen LogP contribution in [0, 0.1) is 13.8 Å². The van der Waals surface area contributed by atoms with Crippen LogP contribution >= 0.6 is 0 Å². The van der Waals surface area contributed by atoms with E-state index < -0.39 is 16.1 Å². The summed E-state index contributed by atoms with van der Waals surface area (Å²) in [4.78, 5) is 2.02. The molecular formula is C19H26N2O4S. The van der Waals surface area contributed by atoms with Gasteiger partial charge in [-0.25, -0.2) is 13.1 Å². The number of benzene rings is 2. The molecule has 0 fully saturated rings. The van der Waals surface area contributed by atoms with E-state index in [0.717, 1.165) is 16.8 Å². The van der Waals surface area contributed by atoms with Crippen molar-refractivity contribution in [3.63, 3.8) is 0 Å². The molecule has 2 aromatic carbocycles. The Kier molecular flexibility index (Phi) is 6.28. The van der Waals surface area contributed by atoms with Crippen LogP contribution in [0.1, 0.15) is 22.8 Å². The molecule has 0 aromatic heterocycles. The Labute approximate surface area is 155 Å². The molecule has 7 heteroatoms. The van der Waals surface area contributed by atoms with E-state index in [1.807, 2.05) is 45.0 Å². The van der Waals surface area contributed by atoms with Gasteiger partial charge >= 0.3 is 0 Å². The van der Waals surface area contributed by atoms with Gasteiger partial charge in [-0.05, 0) is 54.8 Å². The maximum atomic E-state index is 12.6. The lowest BCUT2D eigenvalue weighted by atomic mass is 10.1. The van der Waals surface area contributed by atoms with Crippen LogP contribution in [0.2, 0.25) is 0 Å². The largest absolute Gasteiger partial charge is 0.495 e. The third kappa shape index (κ3) is 4.55. The molecule has 0 radical (unpaired) electrons. The van der Waals surface area contributed by atoms with Crippen LogP contribution in [0.5, 0.6) is 5.75 Å². The average molecular weight is 378 g/mol. The second-order valence-corrected chi connectivity index (χ2v) is 8.18. The van der Waals surface area contributed by atoms with E-state index in [-0.39, 0.29) is 17.2 Å². The van der Waals surface area contributed by atoms with Gasteiger partial charge in [-0.1, -0.05) is 12.1 Å². The molecule has 0 saturated carbocycles. The van der Waals surface area contributed by atoms with Crippen molar-refractivity contribution in [1.29, 1.82) is 0 Å². The third-order valence-electron chi connectivity index (χ3n) is 4.33. The standard InChI is InChI=1S/C19H26N2O4S/c1-13-10-18(25-5)19(11-14(13)2)26(23,24)20-12-17(22)15-6-8-16(9-7-15)21(3)4/h6-11,17,20,22H,12H2,1-5H3. The summed E-state index contributed by atoms with van der Waals surface area (Å²) in [6.45, 7) is 3.61. The highest BCUT2D eigenvalue weighted by Gasteiger charge is 2.22. The van der Waals surface area contributed by atoms with Gasteiger partial charge in [0.15, 0.2) is 0 Å². The van der Waals surface area contributed by atoms with Gasteiger partial charge in [-0.2, -0.15) is 0 Å². The van der Waals surface area contributed by atoms with Crippen molar-refractivity contribution < 1.29 is 18.3 Å². The number of hydrogen-bond acceptors (Lipinski definition) is 5. The van der Waals surface area contributed by atoms with Crippen LogP contribution < -0.4 is 14.4 Å². The zero-order valence-electron chi connectivity index (χ0n) is 15.8. The second kappa shape index (κ2) is 8.07. The van der Waals surface area contributed by atoms with E-state index in [4.69, 9.17) is 4.74 Å². The first-order chi connectivity index (χ1) is 12.2. The predicted molar refractivity (Wildman–Crippen MR) is 103 cm³/mol. The van der Waals surface area contributed by atoms with Gasteiger partial charge in [0.25, 0.3) is 0 Å². The number of sulfonamides is 1. The van der Waals surface area contributed by atoms with Gasteiger partial charge in [-0.3, -0.25) is 0 Å². The zero-order chi connectivity index (χ0) is 19.5. The molecule has 0 aliphatic rings. The first kappa shape index (κ1) is 20.2. The first-order valence-electron chi connectivity index (χ1n) is 8.26. The number of anilines is 1. The summed E-state index contributed by atoms with van der Waals surface area (Å²) in [5.74, 6) is 0.283. The van der Waals surface area contributed by atoms with Crippen molar-refractivity contribution in [3.8, 4) is 5.75 Å². The van der Waals surface area contributed by atoms with Crippen molar-refractivity contribution in [2.24, 2.45) is 0 Å². The molecule has 0 aliphatic carbocycles. The number of ether oxygens (including phenoxy) is 1. The lowest BCUT2D eigenvalue weighted by Gasteiger charge is -2.17. The third-order valence-corrected chi connectivity index (χ3v) is 5.78. The van der Waals surface area contributed by atoms with E-state index in [1.54, 1.807) is 24.3 Å². The number of hydrogen-bond donors (Lipinski definition) is 2. The fourth-order valence-corrected chi connectivity index (χ4v) is 3.78. The Morgan fingerprint density at radius 3 is 2.23 bits per heavy atom. The molecule has 1 atom stereocenters. The summed E-state index contributed by atoms with van der Waals surface area (Å²) in [7, 11) is 1.48. The van der Waals surface area contributed by atoms with E-state index in [2.05, 4.69) is 4.72 Å². The van der Waals surface area contributed by atoms with Gasteiger partial charge in [0.05, 0.1) is 13.2 Å². The number of methoxy groups -OCH3 is 1. The van der Waals surface area contributed by atoms with Crippen LogP contribution in [0.4, 0.5) is 5.69 Å². The Morgan fingerprint density at radius 2 is 1.69 bits per heavy atom. The molecule has 2 N–H and O–H groups in total. The molecule has 142 valence electrons. The first-order valence-corrected chi connectivity index (χ1v) is 9.74. The zero-order valence-corrected chi connectivity index (χ0v) is 16.6. The Morgan fingerprint density at radius 1 is 1.12 bits per heavy atom. The maximum absolute atomic E-state index is 12.6. The summed E-state index contributed by atoms with van der Waals surface area (Å²) >= 11 is 0. The molecule has 0 spiro atoms. The van der Waals surface area contributed by atoms with E-state index in [0.29, 0.717) is 5.56 Å². The minimum Gasteiger partial charge on any atom is -0.495 e. The quantitative estimate of drug-likeness (QED) is 0.773. The molecule has 0 aliphatic heterocycles. The van der Waals surface area contributed by atoms with Crippen LogP contribution in [0.3, 0.4) is 0 Å². The molecule has 1 unspecified atom stereocenters. The van der Waals surface area contributed by atoms with Gasteiger partial charge in [0, 0.05) is 26.3 Å². The fraction of sp³-hybridized carbons (Fsp3) is 0.368. The SMILES string of the molecule is COc1cc(C)c(C)cc1S(=O)(=O)NCC(O)c1ccc(N(C)C)cc1. The smallest absolute Gasteiger partial charge is 0.244 e. The summed E-state index contributed by atoms with van der Waals surface area (Å²) in [5.41, 5.74) is 3.44. The highest BCUT2D eigenvalue weighted by atomic mass is 32.2. The van der Waals surface area contributed by atoms with Gasteiger partial charge in [-0.15, -0.1) is 0 Å². The minimum absolute atomic E-state index is 0.0678. The molecule has 0 amide bonds. The minimum atomic E-state index is -3.81. The maximum Gasteiger partial charge on any atom is 0.244 e.